The Labute approximate surface area is 38.3 Å². The van der Waals surface area contributed by atoms with Gasteiger partial charge in [-0.1, -0.05) is 0 Å². The van der Waals surface area contributed by atoms with Gasteiger partial charge in [-0.3, -0.25) is 4.89 Å². The molecule has 0 aromatic carbocycles. The van der Waals surface area contributed by atoms with Gasteiger partial charge in [-0.2, -0.15) is 4.57 Å². The summed E-state index contributed by atoms with van der Waals surface area (Å²) < 4.78 is 17.0. The van der Waals surface area contributed by atoms with Crippen LogP contribution in [-0.4, -0.2) is 9.92 Å². The lowest BCUT2D eigenvalue weighted by Gasteiger charge is -2.11. The maximum Gasteiger partial charge on any atom is 0.700 e. The summed E-state index contributed by atoms with van der Waals surface area (Å²) >= 11 is 0. The summed E-state index contributed by atoms with van der Waals surface area (Å²) in [6, 6.07) is 0. The summed E-state index contributed by atoms with van der Waals surface area (Å²) in [5.74, 6) is 0. The Hall–Kier alpha value is -0.610. The van der Waals surface area contributed by atoms with E-state index < -0.39 is 7.82 Å². The van der Waals surface area contributed by atoms with E-state index in [9.17, 15) is 4.57 Å². The highest BCUT2D eigenvalue weighted by atomic mass is 31.2. The summed E-state index contributed by atoms with van der Waals surface area (Å²) in [6.45, 7) is 0. The van der Waals surface area contributed by atoms with Crippen molar-refractivity contribution in [2.75, 3.05) is 0 Å². The van der Waals surface area contributed by atoms with Gasteiger partial charge in [0.05, 0.1) is 0 Å². The number of rotatable bonds is 0. The van der Waals surface area contributed by atoms with E-state index in [4.69, 9.17) is 10.4 Å². The molecule has 7 heteroatoms. The zero-order chi connectivity index (χ0) is 5.49. The minimum atomic E-state index is -3.85. The maximum atomic E-state index is 9.79. The highest BCUT2D eigenvalue weighted by Gasteiger charge is 2.47. The van der Waals surface area contributed by atoms with E-state index >= 15 is 0 Å². The van der Waals surface area contributed by atoms with Gasteiger partial charge in [-0.15, -0.1) is 9.25 Å². The van der Waals surface area contributed by atoms with E-state index in [1.165, 1.54) is 0 Å². The van der Waals surface area contributed by atoms with Gasteiger partial charge in [0.2, 0.25) is 0 Å². The molecule has 40 valence electrons. The van der Waals surface area contributed by atoms with E-state index in [0.29, 0.717) is 0 Å². The lowest BCUT2D eigenvalue weighted by molar-refractivity contribution is -0.978. The molecule has 1 fully saturated rings. The normalized spacial score (nSPS) is 24.4. The van der Waals surface area contributed by atoms with Crippen molar-refractivity contribution in [2.45, 2.75) is 0 Å². The van der Waals surface area contributed by atoms with Crippen molar-refractivity contribution in [3.05, 3.63) is 5.53 Å². The molecule has 0 atom stereocenters. The van der Waals surface area contributed by atoms with Crippen LogP contribution >= 0.6 is 7.82 Å². The van der Waals surface area contributed by atoms with Crippen molar-refractivity contribution in [3.8, 4) is 0 Å². The van der Waals surface area contributed by atoms with Gasteiger partial charge in [-0.25, -0.2) is 0 Å². The SMILES string of the molecule is [N-]=[N+]1OP(=O)(O)O1. The van der Waals surface area contributed by atoms with E-state index in [1.807, 2.05) is 0 Å². The second kappa shape index (κ2) is 0.962. The minimum Gasteiger partial charge on any atom is -0.390 e. The number of hydrogen-bond donors (Lipinski definition) is 1. The Morgan fingerprint density at radius 2 is 2.14 bits per heavy atom. The molecule has 0 saturated carbocycles. The van der Waals surface area contributed by atoms with Gasteiger partial charge < -0.3 is 5.53 Å². The third-order valence-electron chi connectivity index (χ3n) is 0.346. The molecule has 1 heterocycles. The molecule has 0 aromatic rings. The third kappa shape index (κ3) is 0.703. The van der Waals surface area contributed by atoms with Crippen LogP contribution in [0.5, 0.6) is 0 Å². The molecule has 1 saturated heterocycles. The molecule has 0 unspecified atom stereocenters. The first kappa shape index (κ1) is 4.55. The molecule has 0 aromatic heterocycles. The molecule has 0 aliphatic carbocycles. The molecule has 1 aliphatic heterocycles. The van der Waals surface area contributed by atoms with E-state index in [0.717, 1.165) is 0 Å². The summed E-state index contributed by atoms with van der Waals surface area (Å²) in [6.07, 6.45) is 0. The molecule has 1 N–H and O–H groups in total. The Morgan fingerprint density at radius 3 is 2.14 bits per heavy atom. The Morgan fingerprint density at radius 1 is 1.71 bits per heavy atom. The topological polar surface area (TPSA) is 81.1 Å². The van der Waals surface area contributed by atoms with Crippen molar-refractivity contribution in [1.29, 1.82) is 0 Å². The van der Waals surface area contributed by atoms with Crippen LogP contribution in [0.3, 0.4) is 0 Å². The molecule has 7 heavy (non-hydrogen) atoms. The average Bonchev–Trinajstić information content (AvgIpc) is 1.27. The van der Waals surface area contributed by atoms with E-state index in [2.05, 4.69) is 9.25 Å². The second-order valence-corrected chi connectivity index (χ2v) is 2.13. The van der Waals surface area contributed by atoms with E-state index in [-0.39, 0.29) is 5.02 Å². The third-order valence-corrected chi connectivity index (χ3v) is 1.04. The highest BCUT2D eigenvalue weighted by Crippen LogP contribution is 2.51. The predicted molar refractivity (Wildman–Crippen MR) is 15.6 cm³/mol. The van der Waals surface area contributed by atoms with E-state index in [1.54, 1.807) is 0 Å². The quantitative estimate of drug-likeness (QED) is 0.460. The fraction of sp³-hybridized carbons (Fsp3) is 0. The lowest BCUT2D eigenvalue weighted by atomic mass is 12.9. The van der Waals surface area contributed by atoms with Gasteiger partial charge in [-0.05, 0) is 0 Å². The van der Waals surface area contributed by atoms with Gasteiger partial charge in [0, 0.05) is 0 Å². The molecule has 1 rings (SSSR count). The molecule has 0 radical (unpaired) electrons. The largest absolute Gasteiger partial charge is 0.700 e. The Bertz CT molecular complexity index is 138. The Balaban J connectivity index is 2.60. The number of nitrogens with zero attached hydrogens (tertiary/aromatic N) is 2. The fourth-order valence-corrected chi connectivity index (χ4v) is 0.548. The summed E-state index contributed by atoms with van der Waals surface area (Å²) in [5, 5.41) is -0.180. The lowest BCUT2D eigenvalue weighted by Crippen LogP contribution is -2.17. The molecule has 0 spiro atoms. The number of phosphoric acid groups is 1. The molecular formula is HN2O4P. The molecule has 6 nitrogen and oxygen atoms in total. The van der Waals surface area contributed by atoms with Gasteiger partial charge in [0.1, 0.15) is 5.02 Å². The molecule has 0 amide bonds. The van der Waals surface area contributed by atoms with Crippen LogP contribution < -0.4 is 0 Å². The predicted octanol–water partition coefficient (Wildman–Crippen LogP) is -0.00230. The van der Waals surface area contributed by atoms with Gasteiger partial charge in [0.25, 0.3) is 0 Å². The smallest absolute Gasteiger partial charge is 0.390 e. The van der Waals surface area contributed by atoms with Crippen molar-refractivity contribution in [3.63, 3.8) is 0 Å². The fourth-order valence-electron chi connectivity index (χ4n) is 0.183. The van der Waals surface area contributed by atoms with Crippen LogP contribution in [0.15, 0.2) is 0 Å². The molecular weight excluding hydrogens is 123 g/mol. The van der Waals surface area contributed by atoms with Crippen molar-refractivity contribution >= 4 is 7.82 Å². The van der Waals surface area contributed by atoms with Crippen molar-refractivity contribution in [1.82, 2.24) is 0 Å². The standard InChI is InChI=1S/HN2O4P/c1-2-5-7(3,4)6-2/h(H,3,4). The van der Waals surface area contributed by atoms with Crippen LogP contribution in [0.2, 0.25) is 0 Å². The first-order chi connectivity index (χ1) is 3.10. The van der Waals surface area contributed by atoms with Gasteiger partial charge in [0.15, 0.2) is 0 Å². The highest BCUT2D eigenvalue weighted by molar-refractivity contribution is 7.47. The minimum absolute atomic E-state index is 0.180. The zero-order valence-corrected chi connectivity index (χ0v) is 3.91. The number of hydrogen-bond acceptors (Lipinski definition) is 3. The first-order valence-corrected chi connectivity index (χ1v) is 2.81. The van der Waals surface area contributed by atoms with Crippen molar-refractivity contribution in [2.24, 2.45) is 0 Å². The second-order valence-electron chi connectivity index (χ2n) is 0.870. The zero-order valence-electron chi connectivity index (χ0n) is 3.01. The summed E-state index contributed by atoms with van der Waals surface area (Å²) in [5.41, 5.74) is 7.84. The summed E-state index contributed by atoms with van der Waals surface area (Å²) in [7, 11) is -3.85. The van der Waals surface area contributed by atoms with Crippen LogP contribution in [0.25, 0.3) is 5.53 Å². The maximum absolute atomic E-state index is 9.79. The van der Waals surface area contributed by atoms with Crippen LogP contribution in [0.4, 0.5) is 0 Å². The van der Waals surface area contributed by atoms with Crippen LogP contribution in [-0.2, 0) is 13.8 Å². The Kier molecular flexibility index (Phi) is 0.625. The van der Waals surface area contributed by atoms with Crippen molar-refractivity contribution < 1.29 is 23.7 Å². The van der Waals surface area contributed by atoms with Gasteiger partial charge >= 0.3 is 7.82 Å². The van der Waals surface area contributed by atoms with Crippen LogP contribution in [0, 0.1) is 0 Å². The average molecular weight is 124 g/mol. The molecule has 1 aliphatic rings. The first-order valence-electron chi connectivity index (χ1n) is 1.31. The summed E-state index contributed by atoms with van der Waals surface area (Å²) in [4.78, 5) is 7.99. The molecule has 0 bridgehead atoms. The van der Waals surface area contributed by atoms with Crippen LogP contribution in [0.1, 0.15) is 0 Å². The monoisotopic (exact) mass is 124 g/mol.